The summed E-state index contributed by atoms with van der Waals surface area (Å²) in [6.07, 6.45) is 3.82. The third-order valence-corrected chi connectivity index (χ3v) is 2.46. The number of nitrogens with zero attached hydrogens (tertiary/aromatic N) is 1. The number of benzene rings is 1. The molecule has 0 fully saturated rings. The average molecular weight is 187 g/mol. The Morgan fingerprint density at radius 3 is 2.29 bits per heavy atom. The van der Waals surface area contributed by atoms with Crippen LogP contribution in [0.2, 0.25) is 0 Å². The lowest BCUT2D eigenvalue weighted by molar-refractivity contribution is -0.519. The molecule has 1 aliphatic rings. The summed E-state index contributed by atoms with van der Waals surface area (Å²) in [5.74, 6) is 0. The zero-order valence-corrected chi connectivity index (χ0v) is 8.40. The van der Waals surface area contributed by atoms with Crippen molar-refractivity contribution in [3.05, 3.63) is 53.3 Å². The van der Waals surface area contributed by atoms with Crippen molar-refractivity contribution < 1.29 is 4.74 Å². The first kappa shape index (κ1) is 9.00. The van der Waals surface area contributed by atoms with Crippen LogP contribution in [0.3, 0.4) is 0 Å². The van der Waals surface area contributed by atoms with Crippen LogP contribution >= 0.6 is 0 Å². The predicted molar refractivity (Wildman–Crippen MR) is 57.4 cm³/mol. The van der Waals surface area contributed by atoms with Crippen LogP contribution in [-0.2, 0) is 0 Å². The normalized spacial score (nSPS) is 19.0. The minimum absolute atomic E-state index is 0.412. The highest BCUT2D eigenvalue weighted by atomic mass is 16.5. The largest absolute Gasteiger partial charge is 0.623 e. The van der Waals surface area contributed by atoms with Gasteiger partial charge in [0.2, 0.25) is 5.71 Å². The van der Waals surface area contributed by atoms with Gasteiger partial charge in [-0.3, -0.25) is 0 Å². The summed E-state index contributed by atoms with van der Waals surface area (Å²) in [5, 5.41) is 11.8. The molecule has 0 amide bonds. The smallest absolute Gasteiger partial charge is 0.218 e. The second kappa shape index (κ2) is 2.98. The fourth-order valence-corrected chi connectivity index (χ4v) is 1.55. The molecular weight excluding hydrogens is 174 g/mol. The van der Waals surface area contributed by atoms with Gasteiger partial charge in [0.15, 0.2) is 5.54 Å². The molecule has 1 aliphatic heterocycles. The van der Waals surface area contributed by atoms with E-state index < -0.39 is 5.54 Å². The van der Waals surface area contributed by atoms with Gasteiger partial charge < -0.3 is 5.21 Å². The van der Waals surface area contributed by atoms with Crippen molar-refractivity contribution in [2.45, 2.75) is 19.4 Å². The second-order valence-corrected chi connectivity index (χ2v) is 4.03. The van der Waals surface area contributed by atoms with Gasteiger partial charge in [-0.25, -0.2) is 0 Å². The van der Waals surface area contributed by atoms with E-state index in [1.807, 2.05) is 56.3 Å². The first-order valence-electron chi connectivity index (χ1n) is 4.70. The molecular formula is C12H13NO. The minimum atomic E-state index is -0.412. The Morgan fingerprint density at radius 1 is 1.14 bits per heavy atom. The minimum Gasteiger partial charge on any atom is -0.623 e. The van der Waals surface area contributed by atoms with Crippen LogP contribution in [0, 0.1) is 5.21 Å². The van der Waals surface area contributed by atoms with Crippen LogP contribution in [-0.4, -0.2) is 16.0 Å². The van der Waals surface area contributed by atoms with Crippen molar-refractivity contribution in [1.82, 2.24) is 0 Å². The molecule has 0 saturated heterocycles. The highest BCUT2D eigenvalue weighted by Gasteiger charge is 2.31. The maximum atomic E-state index is 11.8. The van der Waals surface area contributed by atoms with Crippen molar-refractivity contribution in [1.29, 1.82) is 0 Å². The molecule has 14 heavy (non-hydrogen) atoms. The Morgan fingerprint density at radius 2 is 1.79 bits per heavy atom. The van der Waals surface area contributed by atoms with Crippen molar-refractivity contribution in [3.8, 4) is 0 Å². The quantitative estimate of drug-likeness (QED) is 0.489. The van der Waals surface area contributed by atoms with Crippen LogP contribution in [0.25, 0.3) is 0 Å². The van der Waals surface area contributed by atoms with Gasteiger partial charge in [0.25, 0.3) is 0 Å². The summed E-state index contributed by atoms with van der Waals surface area (Å²) in [7, 11) is 0. The molecule has 0 aromatic heterocycles. The molecule has 0 spiro atoms. The SMILES string of the molecule is CC1(C)C=CC(c2ccccc2)=[N+]1[O-]. The average Bonchev–Trinajstić information content (AvgIpc) is 2.44. The summed E-state index contributed by atoms with van der Waals surface area (Å²) in [5.41, 5.74) is 1.31. The molecule has 1 aromatic rings. The fourth-order valence-electron chi connectivity index (χ4n) is 1.55. The fraction of sp³-hybridized carbons (Fsp3) is 0.250. The Kier molecular flexibility index (Phi) is 1.92. The number of hydrogen-bond donors (Lipinski definition) is 0. The first-order valence-corrected chi connectivity index (χ1v) is 4.70. The molecule has 0 bridgehead atoms. The first-order chi connectivity index (χ1) is 6.61. The Balaban J connectivity index is 2.48. The van der Waals surface area contributed by atoms with Gasteiger partial charge >= 0.3 is 0 Å². The molecule has 0 radical (unpaired) electrons. The third-order valence-electron chi connectivity index (χ3n) is 2.46. The lowest BCUT2D eigenvalue weighted by Gasteiger charge is -2.17. The molecule has 2 rings (SSSR count). The maximum Gasteiger partial charge on any atom is 0.218 e. The molecule has 0 aliphatic carbocycles. The molecule has 0 saturated carbocycles. The Hall–Kier alpha value is -1.57. The topological polar surface area (TPSA) is 26.1 Å². The van der Waals surface area contributed by atoms with E-state index in [0.717, 1.165) is 16.0 Å². The van der Waals surface area contributed by atoms with E-state index >= 15 is 0 Å². The van der Waals surface area contributed by atoms with Crippen LogP contribution < -0.4 is 0 Å². The predicted octanol–water partition coefficient (Wildman–Crippen LogP) is 2.33. The lowest BCUT2D eigenvalue weighted by atomic mass is 10.1. The van der Waals surface area contributed by atoms with E-state index in [0.29, 0.717) is 0 Å². The van der Waals surface area contributed by atoms with E-state index in [4.69, 9.17) is 0 Å². The summed E-state index contributed by atoms with van der Waals surface area (Å²) in [6.45, 7) is 3.82. The Labute approximate surface area is 83.8 Å². The number of hydrogen-bond acceptors (Lipinski definition) is 1. The van der Waals surface area contributed by atoms with E-state index in [1.54, 1.807) is 0 Å². The molecule has 1 heterocycles. The molecule has 0 atom stereocenters. The summed E-state index contributed by atoms with van der Waals surface area (Å²) in [4.78, 5) is 0. The monoisotopic (exact) mass is 187 g/mol. The van der Waals surface area contributed by atoms with Crippen LogP contribution in [0.4, 0.5) is 0 Å². The third kappa shape index (κ3) is 1.33. The van der Waals surface area contributed by atoms with Crippen molar-refractivity contribution in [2.75, 3.05) is 0 Å². The Bertz CT molecular complexity index is 402. The van der Waals surface area contributed by atoms with Crippen molar-refractivity contribution in [3.63, 3.8) is 0 Å². The summed E-state index contributed by atoms with van der Waals surface area (Å²) < 4.78 is 1.06. The van der Waals surface area contributed by atoms with Gasteiger partial charge in [-0.05, 0) is 18.2 Å². The van der Waals surface area contributed by atoms with Crippen LogP contribution in [0.1, 0.15) is 19.4 Å². The zero-order chi connectivity index (χ0) is 10.2. The highest BCUT2D eigenvalue weighted by Crippen LogP contribution is 2.19. The highest BCUT2D eigenvalue weighted by molar-refractivity contribution is 6.06. The standard InChI is InChI=1S/C12H13NO/c1-12(2)9-8-11(13(12)14)10-6-4-3-5-7-10/h3-9H,1-2H3. The molecule has 0 unspecified atom stereocenters. The van der Waals surface area contributed by atoms with Gasteiger partial charge in [-0.15, -0.1) is 0 Å². The van der Waals surface area contributed by atoms with Gasteiger partial charge in [0.1, 0.15) is 0 Å². The summed E-state index contributed by atoms with van der Waals surface area (Å²) >= 11 is 0. The van der Waals surface area contributed by atoms with E-state index in [1.165, 1.54) is 0 Å². The van der Waals surface area contributed by atoms with Crippen molar-refractivity contribution in [2.24, 2.45) is 0 Å². The van der Waals surface area contributed by atoms with Crippen molar-refractivity contribution >= 4 is 5.71 Å². The number of allylic oxidation sites excluding steroid dienone is 1. The van der Waals surface area contributed by atoms with Gasteiger partial charge in [-0.1, -0.05) is 18.2 Å². The zero-order valence-electron chi connectivity index (χ0n) is 8.40. The lowest BCUT2D eigenvalue weighted by Crippen LogP contribution is -2.29. The summed E-state index contributed by atoms with van der Waals surface area (Å²) in [6, 6.07) is 9.73. The number of rotatable bonds is 1. The molecule has 1 aromatic carbocycles. The molecule has 2 nitrogen and oxygen atoms in total. The van der Waals surface area contributed by atoms with Gasteiger partial charge in [0.05, 0.1) is 0 Å². The molecule has 0 N–H and O–H groups in total. The van der Waals surface area contributed by atoms with Gasteiger partial charge in [0, 0.05) is 25.5 Å². The van der Waals surface area contributed by atoms with E-state index in [-0.39, 0.29) is 0 Å². The van der Waals surface area contributed by atoms with Gasteiger partial charge in [-0.2, -0.15) is 4.74 Å². The van der Waals surface area contributed by atoms with E-state index in [2.05, 4.69) is 0 Å². The van der Waals surface area contributed by atoms with Crippen LogP contribution in [0.5, 0.6) is 0 Å². The van der Waals surface area contributed by atoms with E-state index in [9.17, 15) is 5.21 Å². The maximum absolute atomic E-state index is 11.8. The number of hydroxylamine groups is 1. The second-order valence-electron chi connectivity index (χ2n) is 4.03. The molecule has 2 heteroatoms. The molecule has 72 valence electrons. The van der Waals surface area contributed by atoms with Crippen LogP contribution in [0.15, 0.2) is 42.5 Å².